The number of para-hydroxylation sites is 1. The molecule has 1 fully saturated rings. The molecule has 10 nitrogen and oxygen atoms in total. The van der Waals surface area contributed by atoms with E-state index < -0.39 is 35.9 Å². The van der Waals surface area contributed by atoms with E-state index in [1.54, 1.807) is 23.2 Å². The van der Waals surface area contributed by atoms with Crippen molar-refractivity contribution in [1.29, 1.82) is 0 Å². The number of carboxylic acids is 1. The molecule has 13 heteroatoms. The Balaban J connectivity index is 0.00000576. The van der Waals surface area contributed by atoms with Crippen LogP contribution in [0.2, 0.25) is 10.0 Å². The van der Waals surface area contributed by atoms with Crippen LogP contribution in [0.25, 0.3) is 10.9 Å². The molecule has 0 bridgehead atoms. The number of carboxylic acid groups (broad SMARTS) is 1. The Morgan fingerprint density at radius 1 is 0.848 bits per heavy atom. The molecule has 242 valence electrons. The number of aliphatic carboxylic acids is 1. The van der Waals surface area contributed by atoms with Gasteiger partial charge in [-0.15, -0.1) is 0 Å². The number of likely N-dealkylation sites (tertiary alicyclic amines) is 1. The molecule has 4 rings (SSSR count). The fourth-order valence-corrected chi connectivity index (χ4v) is 5.99. The number of halogens is 2. The molecular weight excluding hydrogens is 640 g/mol. The minimum atomic E-state index is -1.51. The van der Waals surface area contributed by atoms with Gasteiger partial charge in [-0.3, -0.25) is 9.59 Å². The van der Waals surface area contributed by atoms with Crippen LogP contribution in [-0.4, -0.2) is 64.9 Å². The van der Waals surface area contributed by atoms with Crippen molar-refractivity contribution in [3.8, 4) is 0 Å². The Morgan fingerprint density at radius 3 is 2.15 bits per heavy atom. The Bertz CT molecular complexity index is 1510. The third kappa shape index (κ3) is 10.6. The maximum absolute atomic E-state index is 13.8. The van der Waals surface area contributed by atoms with Gasteiger partial charge in [-0.25, -0.2) is 4.79 Å². The van der Waals surface area contributed by atoms with E-state index in [0.29, 0.717) is 35.1 Å². The summed E-state index contributed by atoms with van der Waals surface area (Å²) >= 11 is 12.4. The molecule has 3 aromatic rings. The van der Waals surface area contributed by atoms with Gasteiger partial charge in [0.2, 0.25) is 11.8 Å². The molecule has 1 aliphatic heterocycles. The number of urea groups is 1. The van der Waals surface area contributed by atoms with E-state index >= 15 is 0 Å². The molecular formula is C33H40Cl2N5NaO5. The average Bonchev–Trinajstić information content (AvgIpc) is 3.20. The number of hydrogen-bond donors (Lipinski definition) is 4. The second kappa shape index (κ2) is 18.0. The Kier molecular flexibility index (Phi) is 14.7. The summed E-state index contributed by atoms with van der Waals surface area (Å²) in [6, 6.07) is 8.34. The minimum Gasteiger partial charge on any atom is -0.548 e. The summed E-state index contributed by atoms with van der Waals surface area (Å²) in [7, 11) is 0. The van der Waals surface area contributed by atoms with Crippen molar-refractivity contribution >= 4 is 57.9 Å². The molecule has 1 aromatic heterocycles. The maximum Gasteiger partial charge on any atom is 1.00 e. The summed E-state index contributed by atoms with van der Waals surface area (Å²) < 4.78 is 0. The number of H-pyrrole nitrogens is 1. The molecule has 0 radical (unpaired) electrons. The van der Waals surface area contributed by atoms with Gasteiger partial charge >= 0.3 is 35.6 Å². The first kappa shape index (κ1) is 37.7. The summed E-state index contributed by atoms with van der Waals surface area (Å²) in [5.74, 6) is -2.70. The Morgan fingerprint density at radius 2 is 1.48 bits per heavy atom. The molecule has 4 amide bonds. The molecule has 2 aromatic carbocycles. The van der Waals surface area contributed by atoms with Gasteiger partial charge in [0.15, 0.2) is 0 Å². The summed E-state index contributed by atoms with van der Waals surface area (Å²) in [4.78, 5) is 57.8. The van der Waals surface area contributed by atoms with Crippen molar-refractivity contribution in [2.45, 2.75) is 76.9 Å². The van der Waals surface area contributed by atoms with Crippen LogP contribution in [0.3, 0.4) is 0 Å². The molecule has 46 heavy (non-hydrogen) atoms. The van der Waals surface area contributed by atoms with Crippen molar-refractivity contribution in [2.24, 2.45) is 5.92 Å². The molecule has 0 aliphatic carbocycles. The van der Waals surface area contributed by atoms with E-state index in [4.69, 9.17) is 23.2 Å². The quantitative estimate of drug-likeness (QED) is 0.211. The standard InChI is InChI=1S/C33H41Cl2N5O5.Na/c1-20(2)15-27(39-33(45)40-13-7-3-4-8-14-40)30(41)37-28(18-22-19-36-26-10-6-5-9-24(22)26)31(42)38-29(32(43)44)17-21-16-23(34)11-12-25(21)35;/h5-6,9-12,16,19-20,27-29,36H,3-4,7-8,13-15,17-18H2,1-2H3,(H,37,41)(H,38,42)(H,39,45)(H,43,44);/q;+1/p-1/t27-,28+,29+;/m0./s1. The first-order chi connectivity index (χ1) is 21.5. The van der Waals surface area contributed by atoms with Gasteiger partial charge in [-0.05, 0) is 67.0 Å². The van der Waals surface area contributed by atoms with Crippen molar-refractivity contribution in [2.75, 3.05) is 13.1 Å². The van der Waals surface area contributed by atoms with Crippen molar-refractivity contribution in [3.63, 3.8) is 0 Å². The fraction of sp³-hybridized carbons (Fsp3) is 0.455. The number of rotatable bonds is 12. The SMILES string of the molecule is CC(C)C[C@H](NC(=O)N1CCCCCC1)C(=O)N[C@H](Cc1c[nH]c2ccccc12)C(=O)N[C@H](Cc1cc(Cl)ccc1Cl)C(=O)[O-].[Na+]. The van der Waals surface area contributed by atoms with E-state index in [1.807, 2.05) is 38.1 Å². The zero-order valence-corrected chi connectivity index (χ0v) is 30.0. The van der Waals surface area contributed by atoms with Crippen molar-refractivity contribution < 1.29 is 53.8 Å². The first-order valence-electron chi connectivity index (χ1n) is 15.4. The van der Waals surface area contributed by atoms with Crippen LogP contribution in [0.1, 0.15) is 57.1 Å². The van der Waals surface area contributed by atoms with Gasteiger partial charge in [0.1, 0.15) is 12.1 Å². The number of carbonyl (C=O) groups is 4. The van der Waals surface area contributed by atoms with Gasteiger partial charge in [-0.2, -0.15) is 0 Å². The van der Waals surface area contributed by atoms with Crippen LogP contribution in [0, 0.1) is 5.92 Å². The van der Waals surface area contributed by atoms with Gasteiger partial charge in [0.25, 0.3) is 0 Å². The number of fused-ring (bicyclic) bond motifs is 1. The summed E-state index contributed by atoms with van der Waals surface area (Å²) in [6.07, 6.45) is 5.91. The second-order valence-corrected chi connectivity index (χ2v) is 12.8. The Labute approximate surface area is 301 Å². The van der Waals surface area contributed by atoms with E-state index in [-0.39, 0.29) is 54.3 Å². The normalized spacial score (nSPS) is 15.3. The predicted octanol–water partition coefficient (Wildman–Crippen LogP) is 0.984. The number of nitrogens with one attached hydrogen (secondary N) is 4. The van der Waals surface area contributed by atoms with E-state index in [1.165, 1.54) is 6.07 Å². The minimum absolute atomic E-state index is 0. The number of hydrogen-bond acceptors (Lipinski definition) is 5. The molecule has 1 aliphatic rings. The van der Waals surface area contributed by atoms with E-state index in [0.717, 1.165) is 42.1 Å². The van der Waals surface area contributed by atoms with Crippen LogP contribution in [0.15, 0.2) is 48.7 Å². The smallest absolute Gasteiger partial charge is 0.548 e. The van der Waals surface area contributed by atoms with Gasteiger partial charge in [0.05, 0.1) is 12.0 Å². The number of aromatic nitrogens is 1. The Hall–Kier alpha value is -2.76. The summed E-state index contributed by atoms with van der Waals surface area (Å²) in [6.45, 7) is 5.13. The topological polar surface area (TPSA) is 146 Å². The molecule has 4 N–H and O–H groups in total. The van der Waals surface area contributed by atoms with Crippen LogP contribution < -0.4 is 50.6 Å². The predicted molar refractivity (Wildman–Crippen MR) is 173 cm³/mol. The first-order valence-corrected chi connectivity index (χ1v) is 16.1. The monoisotopic (exact) mass is 679 g/mol. The van der Waals surface area contributed by atoms with Gasteiger partial charge in [-0.1, -0.05) is 68.1 Å². The molecule has 2 heterocycles. The summed E-state index contributed by atoms with van der Waals surface area (Å²) in [5, 5.41) is 21.9. The average molecular weight is 681 g/mol. The molecule has 0 spiro atoms. The molecule has 1 saturated heterocycles. The van der Waals surface area contributed by atoms with Crippen LogP contribution in [0.4, 0.5) is 4.79 Å². The molecule has 3 atom stereocenters. The third-order valence-corrected chi connectivity index (χ3v) is 8.58. The largest absolute Gasteiger partial charge is 1.00 e. The van der Waals surface area contributed by atoms with Crippen molar-refractivity contribution in [3.05, 3.63) is 69.8 Å². The third-order valence-electron chi connectivity index (χ3n) is 7.98. The fourth-order valence-electron chi connectivity index (χ4n) is 5.60. The van der Waals surface area contributed by atoms with E-state index in [2.05, 4.69) is 20.9 Å². The molecule has 0 unspecified atom stereocenters. The van der Waals surface area contributed by atoms with Crippen LogP contribution in [0.5, 0.6) is 0 Å². The number of amides is 4. The zero-order chi connectivity index (χ0) is 32.5. The number of benzene rings is 2. The number of aromatic amines is 1. The molecule has 0 saturated carbocycles. The maximum atomic E-state index is 13.8. The number of nitrogens with zero attached hydrogens (tertiary/aromatic N) is 1. The van der Waals surface area contributed by atoms with E-state index in [9.17, 15) is 24.3 Å². The summed E-state index contributed by atoms with van der Waals surface area (Å²) in [5.41, 5.74) is 2.02. The zero-order valence-electron chi connectivity index (χ0n) is 26.5. The van der Waals surface area contributed by atoms with Gasteiger partial charge in [0, 0.05) is 46.7 Å². The van der Waals surface area contributed by atoms with Crippen molar-refractivity contribution in [1.82, 2.24) is 25.8 Å². The number of carbonyl (C=O) groups excluding carboxylic acids is 4. The van der Waals surface area contributed by atoms with Gasteiger partial charge < -0.3 is 35.7 Å². The van der Waals surface area contributed by atoms with Crippen LogP contribution >= 0.6 is 23.2 Å². The van der Waals surface area contributed by atoms with Crippen LogP contribution in [-0.2, 0) is 27.2 Å². The second-order valence-electron chi connectivity index (χ2n) is 12.0.